The van der Waals surface area contributed by atoms with Gasteiger partial charge in [-0.15, -0.1) is 0 Å². The summed E-state index contributed by atoms with van der Waals surface area (Å²) in [6.07, 6.45) is 3.14. The predicted molar refractivity (Wildman–Crippen MR) is 114 cm³/mol. The first-order valence-electron chi connectivity index (χ1n) is 8.93. The molecule has 1 aliphatic rings. The first kappa shape index (κ1) is 19.2. The van der Waals surface area contributed by atoms with E-state index in [4.69, 9.17) is 34.8 Å². The molecule has 0 spiro atoms. The Morgan fingerprint density at radius 3 is 2.50 bits per heavy atom. The summed E-state index contributed by atoms with van der Waals surface area (Å²) in [6, 6.07) is 10.8. The van der Waals surface area contributed by atoms with E-state index in [0.717, 1.165) is 42.7 Å². The van der Waals surface area contributed by atoms with Gasteiger partial charge in [-0.1, -0.05) is 46.9 Å². The van der Waals surface area contributed by atoms with Crippen LogP contribution in [0.5, 0.6) is 0 Å². The summed E-state index contributed by atoms with van der Waals surface area (Å²) < 4.78 is 0. The molecule has 8 heteroatoms. The summed E-state index contributed by atoms with van der Waals surface area (Å²) in [7, 11) is 0. The van der Waals surface area contributed by atoms with Crippen LogP contribution in [0.4, 0.5) is 5.82 Å². The summed E-state index contributed by atoms with van der Waals surface area (Å²) in [4.78, 5) is 23.5. The summed E-state index contributed by atoms with van der Waals surface area (Å²) >= 11 is 18.4. The van der Waals surface area contributed by atoms with Gasteiger partial charge in [-0.2, -0.15) is 0 Å². The Morgan fingerprint density at radius 1 is 1.00 bits per heavy atom. The number of nitrogens with one attached hydrogen (secondary N) is 1. The van der Waals surface area contributed by atoms with Gasteiger partial charge in [0.05, 0.1) is 26.1 Å². The van der Waals surface area contributed by atoms with Gasteiger partial charge in [-0.3, -0.25) is 4.79 Å². The van der Waals surface area contributed by atoms with Gasteiger partial charge < -0.3 is 10.2 Å². The highest BCUT2D eigenvalue weighted by atomic mass is 35.5. The fourth-order valence-electron chi connectivity index (χ4n) is 3.47. The van der Waals surface area contributed by atoms with Gasteiger partial charge in [0.2, 0.25) is 0 Å². The number of hydrogen-bond donors (Lipinski definition) is 1. The van der Waals surface area contributed by atoms with Crippen LogP contribution in [0.3, 0.4) is 0 Å². The molecule has 0 atom stereocenters. The molecule has 1 amide bonds. The maximum Gasteiger partial charge on any atom is 0.253 e. The normalized spacial score (nSPS) is 15.0. The molecular weight excluding hydrogens is 419 g/mol. The van der Waals surface area contributed by atoms with Crippen molar-refractivity contribution in [1.82, 2.24) is 15.3 Å². The van der Waals surface area contributed by atoms with Crippen LogP contribution in [0.15, 0.2) is 42.7 Å². The molecule has 0 aliphatic carbocycles. The number of nitrogens with zero attached hydrogens (tertiary/aromatic N) is 3. The minimum absolute atomic E-state index is 0.0653. The fourth-order valence-corrected chi connectivity index (χ4v) is 4.08. The minimum atomic E-state index is -0.204. The first-order valence-corrected chi connectivity index (χ1v) is 10.1. The van der Waals surface area contributed by atoms with Crippen LogP contribution >= 0.6 is 34.8 Å². The Balaban J connectivity index is 1.45. The molecule has 4 rings (SSSR count). The highest BCUT2D eigenvalue weighted by Gasteiger charge is 2.24. The number of fused-ring (bicyclic) bond motifs is 1. The third-order valence-electron chi connectivity index (χ3n) is 4.92. The van der Waals surface area contributed by atoms with Crippen LogP contribution in [-0.2, 0) is 0 Å². The van der Waals surface area contributed by atoms with E-state index in [1.165, 1.54) is 0 Å². The summed E-state index contributed by atoms with van der Waals surface area (Å²) in [5.74, 6) is 0.667. The van der Waals surface area contributed by atoms with Gasteiger partial charge in [-0.25, -0.2) is 9.97 Å². The number of anilines is 1. The Bertz CT molecular complexity index is 1040. The largest absolute Gasteiger partial charge is 0.356 e. The maximum atomic E-state index is 12.5. The lowest BCUT2D eigenvalue weighted by Crippen LogP contribution is -2.45. The van der Waals surface area contributed by atoms with E-state index in [-0.39, 0.29) is 17.0 Å². The van der Waals surface area contributed by atoms with Crippen molar-refractivity contribution in [2.24, 2.45) is 0 Å². The van der Waals surface area contributed by atoms with Gasteiger partial charge >= 0.3 is 0 Å². The van der Waals surface area contributed by atoms with Crippen molar-refractivity contribution in [1.29, 1.82) is 0 Å². The highest BCUT2D eigenvalue weighted by Crippen LogP contribution is 2.30. The summed E-state index contributed by atoms with van der Waals surface area (Å²) in [6.45, 7) is 1.54. The van der Waals surface area contributed by atoms with Gasteiger partial charge in [0, 0.05) is 24.5 Å². The molecule has 1 N–H and O–H groups in total. The zero-order valence-corrected chi connectivity index (χ0v) is 17.1. The molecule has 1 saturated heterocycles. The minimum Gasteiger partial charge on any atom is -0.356 e. The number of carbonyl (C=O) groups is 1. The molecule has 5 nitrogen and oxygen atoms in total. The van der Waals surface area contributed by atoms with Crippen molar-refractivity contribution >= 4 is 57.4 Å². The van der Waals surface area contributed by atoms with E-state index >= 15 is 0 Å². The van der Waals surface area contributed by atoms with Gasteiger partial charge in [0.1, 0.15) is 12.1 Å². The van der Waals surface area contributed by atoms with Crippen LogP contribution < -0.4 is 10.2 Å². The number of aromatic nitrogens is 2. The maximum absolute atomic E-state index is 12.5. The first-order chi connectivity index (χ1) is 13.5. The number of carbonyl (C=O) groups excluding carboxylic acids is 1. The van der Waals surface area contributed by atoms with Gasteiger partial charge in [0.15, 0.2) is 0 Å². The Morgan fingerprint density at radius 2 is 1.71 bits per heavy atom. The van der Waals surface area contributed by atoms with E-state index in [2.05, 4.69) is 20.2 Å². The standard InChI is InChI=1S/C20H17Cl3N4O/c21-15-5-1-3-13(17(15)23)20(28)26-12-7-9-27(10-8-12)19-14-4-2-6-16(22)18(14)24-11-25-19/h1-6,11-12H,7-10H2,(H,26,28). The Kier molecular flexibility index (Phi) is 5.58. The molecule has 0 bridgehead atoms. The molecule has 1 fully saturated rings. The summed E-state index contributed by atoms with van der Waals surface area (Å²) in [5, 5.41) is 5.26. The van der Waals surface area contributed by atoms with Gasteiger partial charge in [-0.05, 0) is 37.1 Å². The second kappa shape index (κ2) is 8.11. The lowest BCUT2D eigenvalue weighted by Gasteiger charge is -2.33. The quantitative estimate of drug-likeness (QED) is 0.630. The van der Waals surface area contributed by atoms with Crippen LogP contribution in [0, 0.1) is 0 Å². The number of hydrogen-bond acceptors (Lipinski definition) is 4. The molecule has 1 aliphatic heterocycles. The zero-order valence-electron chi connectivity index (χ0n) is 14.8. The lowest BCUT2D eigenvalue weighted by atomic mass is 10.0. The van der Waals surface area contributed by atoms with Gasteiger partial charge in [0.25, 0.3) is 5.91 Å². The Hall–Kier alpha value is -2.08. The van der Waals surface area contributed by atoms with E-state index in [1.54, 1.807) is 24.5 Å². The van der Waals surface area contributed by atoms with Crippen molar-refractivity contribution < 1.29 is 4.79 Å². The van der Waals surface area contributed by atoms with Crippen molar-refractivity contribution in [3.8, 4) is 0 Å². The van der Waals surface area contributed by atoms with Crippen LogP contribution in [0.25, 0.3) is 10.9 Å². The topological polar surface area (TPSA) is 58.1 Å². The number of benzene rings is 2. The number of piperidine rings is 1. The fraction of sp³-hybridized carbons (Fsp3) is 0.250. The molecule has 144 valence electrons. The molecule has 0 unspecified atom stereocenters. The Labute approximate surface area is 177 Å². The zero-order chi connectivity index (χ0) is 19.7. The van der Waals surface area contributed by atoms with Crippen molar-refractivity contribution in [2.45, 2.75) is 18.9 Å². The highest BCUT2D eigenvalue weighted by molar-refractivity contribution is 6.43. The molecule has 0 radical (unpaired) electrons. The van der Waals surface area contributed by atoms with Crippen LogP contribution in [0.2, 0.25) is 15.1 Å². The third kappa shape index (κ3) is 3.75. The number of para-hydroxylation sites is 1. The SMILES string of the molecule is O=C(NC1CCN(c2ncnc3c(Cl)cccc23)CC1)c1cccc(Cl)c1Cl. The van der Waals surface area contributed by atoms with E-state index in [9.17, 15) is 4.79 Å². The number of halogens is 3. The monoisotopic (exact) mass is 434 g/mol. The molecule has 28 heavy (non-hydrogen) atoms. The van der Waals surface area contributed by atoms with Crippen LogP contribution in [-0.4, -0.2) is 35.0 Å². The summed E-state index contributed by atoms with van der Waals surface area (Å²) in [5.41, 5.74) is 1.15. The van der Waals surface area contributed by atoms with Crippen molar-refractivity contribution in [3.05, 3.63) is 63.4 Å². The van der Waals surface area contributed by atoms with Crippen LogP contribution in [0.1, 0.15) is 23.2 Å². The average molecular weight is 436 g/mol. The third-order valence-corrected chi connectivity index (χ3v) is 6.04. The van der Waals surface area contributed by atoms with Crippen molar-refractivity contribution in [3.63, 3.8) is 0 Å². The average Bonchev–Trinajstić information content (AvgIpc) is 2.70. The molecule has 3 aromatic rings. The second-order valence-electron chi connectivity index (χ2n) is 6.67. The molecular formula is C20H17Cl3N4O. The van der Waals surface area contributed by atoms with E-state index in [0.29, 0.717) is 15.6 Å². The molecule has 2 heterocycles. The number of rotatable bonds is 3. The van der Waals surface area contributed by atoms with E-state index < -0.39 is 0 Å². The van der Waals surface area contributed by atoms with E-state index in [1.807, 2.05) is 18.2 Å². The molecule has 1 aromatic heterocycles. The van der Waals surface area contributed by atoms with Crippen molar-refractivity contribution in [2.75, 3.05) is 18.0 Å². The predicted octanol–water partition coefficient (Wildman–Crippen LogP) is 4.99. The second-order valence-corrected chi connectivity index (χ2v) is 7.86. The molecule has 2 aromatic carbocycles. The lowest BCUT2D eigenvalue weighted by molar-refractivity contribution is 0.0931. The molecule has 0 saturated carbocycles. The number of amides is 1. The smallest absolute Gasteiger partial charge is 0.253 e.